The number of benzene rings is 2. The largest absolute Gasteiger partial charge is 0.494 e. The highest BCUT2D eigenvalue weighted by Crippen LogP contribution is 2.31. The van der Waals surface area contributed by atoms with Gasteiger partial charge < -0.3 is 19.5 Å². The van der Waals surface area contributed by atoms with Crippen LogP contribution < -0.4 is 14.8 Å². The van der Waals surface area contributed by atoms with Gasteiger partial charge in [-0.1, -0.05) is 12.1 Å². The predicted octanol–water partition coefficient (Wildman–Crippen LogP) is 4.22. The molecule has 0 saturated carbocycles. The fourth-order valence-electron chi connectivity index (χ4n) is 2.46. The van der Waals surface area contributed by atoms with Crippen LogP contribution in [-0.4, -0.2) is 38.2 Å². The topological polar surface area (TPSA) is 73.9 Å². The standard InChI is InChI=1S/C21H24FNO5/c1-21(2,3)28-20(25)23-8-9-27-16-11-14(13-24)10-15(12-16)17-6-5-7-18(26-4)19(17)22/h5-7,10-13H,8-9H2,1-4H3,(H,23,25). The Bertz CT molecular complexity index is 845. The van der Waals surface area contributed by atoms with Gasteiger partial charge in [-0.15, -0.1) is 0 Å². The van der Waals surface area contributed by atoms with Gasteiger partial charge in [0.15, 0.2) is 11.6 Å². The van der Waals surface area contributed by atoms with Crippen molar-refractivity contribution in [3.63, 3.8) is 0 Å². The van der Waals surface area contributed by atoms with Crippen LogP contribution in [0, 0.1) is 5.82 Å². The number of methoxy groups -OCH3 is 1. The van der Waals surface area contributed by atoms with Gasteiger partial charge in [0.2, 0.25) is 0 Å². The van der Waals surface area contributed by atoms with E-state index in [1.165, 1.54) is 13.2 Å². The molecule has 6 nitrogen and oxygen atoms in total. The lowest BCUT2D eigenvalue weighted by atomic mass is 10.0. The summed E-state index contributed by atoms with van der Waals surface area (Å²) in [6.45, 7) is 5.68. The van der Waals surface area contributed by atoms with Gasteiger partial charge in [-0.05, 0) is 50.6 Å². The van der Waals surface area contributed by atoms with E-state index in [-0.39, 0.29) is 18.9 Å². The van der Waals surface area contributed by atoms with Crippen molar-refractivity contribution in [2.75, 3.05) is 20.3 Å². The van der Waals surface area contributed by atoms with Crippen molar-refractivity contribution in [1.82, 2.24) is 5.32 Å². The lowest BCUT2D eigenvalue weighted by molar-refractivity contribution is 0.0520. The number of nitrogens with one attached hydrogen (secondary N) is 1. The summed E-state index contributed by atoms with van der Waals surface area (Å²) in [6.07, 6.45) is 0.116. The first-order valence-corrected chi connectivity index (χ1v) is 8.76. The molecule has 28 heavy (non-hydrogen) atoms. The van der Waals surface area contributed by atoms with Crippen LogP contribution >= 0.6 is 0 Å². The molecule has 0 fully saturated rings. The van der Waals surface area contributed by atoms with Gasteiger partial charge in [0.05, 0.1) is 13.7 Å². The van der Waals surface area contributed by atoms with E-state index in [2.05, 4.69) is 5.32 Å². The Morgan fingerprint density at radius 3 is 2.61 bits per heavy atom. The summed E-state index contributed by atoms with van der Waals surface area (Å²) in [6, 6.07) is 9.50. The van der Waals surface area contributed by atoms with Crippen molar-refractivity contribution < 1.29 is 28.2 Å². The molecule has 0 radical (unpaired) electrons. The number of aldehydes is 1. The lowest BCUT2D eigenvalue weighted by Gasteiger charge is -2.19. The molecule has 2 aromatic rings. The van der Waals surface area contributed by atoms with Gasteiger partial charge in [0, 0.05) is 11.1 Å². The maximum absolute atomic E-state index is 14.5. The van der Waals surface area contributed by atoms with E-state index in [4.69, 9.17) is 14.2 Å². The minimum absolute atomic E-state index is 0.109. The average Bonchev–Trinajstić information content (AvgIpc) is 2.63. The van der Waals surface area contributed by atoms with Crippen LogP contribution in [0.3, 0.4) is 0 Å². The van der Waals surface area contributed by atoms with Gasteiger partial charge in [-0.2, -0.15) is 0 Å². The van der Waals surface area contributed by atoms with Crippen LogP contribution in [-0.2, 0) is 4.74 Å². The highest BCUT2D eigenvalue weighted by atomic mass is 19.1. The first-order chi connectivity index (χ1) is 13.2. The number of hydrogen-bond donors (Lipinski definition) is 1. The highest BCUT2D eigenvalue weighted by molar-refractivity contribution is 5.80. The Labute approximate surface area is 163 Å². The van der Waals surface area contributed by atoms with E-state index in [1.807, 2.05) is 0 Å². The normalized spacial score (nSPS) is 10.9. The second kappa shape index (κ2) is 9.21. The van der Waals surface area contributed by atoms with Gasteiger partial charge in [-0.3, -0.25) is 4.79 Å². The Kier molecular flexibility index (Phi) is 6.98. The molecule has 150 valence electrons. The summed E-state index contributed by atoms with van der Waals surface area (Å²) in [7, 11) is 1.39. The number of hydrogen-bond acceptors (Lipinski definition) is 5. The number of alkyl carbamates (subject to hydrolysis) is 1. The predicted molar refractivity (Wildman–Crippen MR) is 104 cm³/mol. The molecule has 0 heterocycles. The molecule has 0 aliphatic carbocycles. The molecular weight excluding hydrogens is 365 g/mol. The van der Waals surface area contributed by atoms with E-state index in [0.29, 0.717) is 28.7 Å². The minimum atomic E-state index is -0.584. The molecule has 0 aliphatic rings. The highest BCUT2D eigenvalue weighted by Gasteiger charge is 2.16. The van der Waals surface area contributed by atoms with Crippen LogP contribution in [0.25, 0.3) is 11.1 Å². The molecule has 1 amide bonds. The summed E-state index contributed by atoms with van der Waals surface area (Å²) in [4.78, 5) is 22.9. The molecular formula is C21H24FNO5. The molecule has 1 N–H and O–H groups in total. The maximum atomic E-state index is 14.5. The van der Waals surface area contributed by atoms with Crippen molar-refractivity contribution in [3.8, 4) is 22.6 Å². The first-order valence-electron chi connectivity index (χ1n) is 8.76. The Morgan fingerprint density at radius 1 is 1.21 bits per heavy atom. The molecule has 7 heteroatoms. The average molecular weight is 389 g/mol. The third-order valence-electron chi connectivity index (χ3n) is 3.60. The summed E-state index contributed by atoms with van der Waals surface area (Å²) >= 11 is 0. The zero-order valence-corrected chi connectivity index (χ0v) is 16.4. The third-order valence-corrected chi connectivity index (χ3v) is 3.60. The van der Waals surface area contributed by atoms with E-state index < -0.39 is 17.5 Å². The van der Waals surface area contributed by atoms with Crippen molar-refractivity contribution in [3.05, 3.63) is 47.8 Å². The number of halogens is 1. The fraction of sp³-hybridized carbons (Fsp3) is 0.333. The zero-order valence-electron chi connectivity index (χ0n) is 16.4. The van der Waals surface area contributed by atoms with Gasteiger partial charge >= 0.3 is 6.09 Å². The molecule has 0 aromatic heterocycles. The molecule has 2 aromatic carbocycles. The summed E-state index contributed by atoms with van der Waals surface area (Å²) in [5, 5.41) is 2.58. The van der Waals surface area contributed by atoms with Crippen molar-refractivity contribution >= 4 is 12.4 Å². The number of carbonyl (C=O) groups excluding carboxylic acids is 2. The summed E-state index contributed by atoms with van der Waals surface area (Å²) in [5.74, 6) is -0.0311. The van der Waals surface area contributed by atoms with Crippen LogP contribution in [0.2, 0.25) is 0 Å². The van der Waals surface area contributed by atoms with Crippen LogP contribution in [0.1, 0.15) is 31.1 Å². The van der Waals surface area contributed by atoms with Crippen molar-refractivity contribution in [1.29, 1.82) is 0 Å². The number of carbonyl (C=O) groups is 2. The van der Waals surface area contributed by atoms with E-state index >= 15 is 0 Å². The SMILES string of the molecule is COc1cccc(-c2cc(C=O)cc(OCCNC(=O)OC(C)(C)C)c2)c1F. The Balaban J connectivity index is 2.09. The summed E-state index contributed by atoms with van der Waals surface area (Å²) < 4.78 is 30.3. The van der Waals surface area contributed by atoms with Crippen LogP contribution in [0.15, 0.2) is 36.4 Å². The van der Waals surface area contributed by atoms with Gasteiger partial charge in [-0.25, -0.2) is 9.18 Å². The summed E-state index contributed by atoms with van der Waals surface area (Å²) in [5.41, 5.74) is 0.532. The van der Waals surface area contributed by atoms with Crippen molar-refractivity contribution in [2.45, 2.75) is 26.4 Å². The smallest absolute Gasteiger partial charge is 0.407 e. The Morgan fingerprint density at radius 2 is 1.96 bits per heavy atom. The van der Waals surface area contributed by atoms with Crippen molar-refractivity contribution in [2.24, 2.45) is 0 Å². The maximum Gasteiger partial charge on any atom is 0.407 e. The number of amides is 1. The fourth-order valence-corrected chi connectivity index (χ4v) is 2.46. The molecule has 0 bridgehead atoms. The van der Waals surface area contributed by atoms with Crippen LogP contribution in [0.5, 0.6) is 11.5 Å². The Hall–Kier alpha value is -3.09. The number of rotatable bonds is 7. The number of ether oxygens (including phenoxy) is 3. The van der Waals surface area contributed by atoms with E-state index in [0.717, 1.165) is 0 Å². The molecule has 0 atom stereocenters. The first kappa shape index (κ1) is 21.2. The van der Waals surface area contributed by atoms with Crippen LogP contribution in [0.4, 0.5) is 9.18 Å². The second-order valence-corrected chi connectivity index (χ2v) is 7.01. The van der Waals surface area contributed by atoms with E-state index in [1.54, 1.807) is 51.1 Å². The molecule has 2 rings (SSSR count). The molecule has 0 saturated heterocycles. The van der Waals surface area contributed by atoms with E-state index in [9.17, 15) is 14.0 Å². The quantitative estimate of drug-likeness (QED) is 0.567. The van der Waals surface area contributed by atoms with Gasteiger partial charge in [0.1, 0.15) is 24.2 Å². The molecule has 0 unspecified atom stereocenters. The minimum Gasteiger partial charge on any atom is -0.494 e. The molecule has 0 spiro atoms. The monoisotopic (exact) mass is 389 g/mol. The zero-order chi connectivity index (χ0) is 20.7. The van der Waals surface area contributed by atoms with Gasteiger partial charge in [0.25, 0.3) is 0 Å². The molecule has 0 aliphatic heterocycles. The second-order valence-electron chi connectivity index (χ2n) is 7.01. The lowest BCUT2D eigenvalue weighted by Crippen LogP contribution is -2.34. The third kappa shape index (κ3) is 5.97.